The second-order valence-corrected chi connectivity index (χ2v) is 12.7. The summed E-state index contributed by atoms with van der Waals surface area (Å²) in [6, 6.07) is 9.75. The van der Waals surface area contributed by atoms with Crippen LogP contribution in [0.15, 0.2) is 58.3 Å². The van der Waals surface area contributed by atoms with E-state index in [1.54, 1.807) is 26.8 Å². The lowest BCUT2D eigenvalue weighted by Gasteiger charge is -2.26. The quantitative estimate of drug-likeness (QED) is 0.373. The highest BCUT2D eigenvalue weighted by atomic mass is 32.2. The molecule has 0 spiro atoms. The molecule has 1 saturated heterocycles. The van der Waals surface area contributed by atoms with E-state index in [4.69, 9.17) is 4.74 Å². The van der Waals surface area contributed by atoms with Gasteiger partial charge in [0.05, 0.1) is 27.8 Å². The number of aromatic nitrogens is 1. The average Bonchev–Trinajstić information content (AvgIpc) is 3.56. The van der Waals surface area contributed by atoms with Gasteiger partial charge in [0.2, 0.25) is 0 Å². The van der Waals surface area contributed by atoms with Crippen molar-refractivity contribution in [2.24, 2.45) is 0 Å². The van der Waals surface area contributed by atoms with E-state index >= 15 is 0 Å². The number of nitrogens with zero attached hydrogens (tertiary/aromatic N) is 4. The van der Waals surface area contributed by atoms with E-state index < -0.39 is 33.6 Å². The molecule has 0 aliphatic carbocycles. The summed E-state index contributed by atoms with van der Waals surface area (Å²) < 4.78 is 47.1. The van der Waals surface area contributed by atoms with Gasteiger partial charge in [-0.25, -0.2) is 27.4 Å². The van der Waals surface area contributed by atoms with Gasteiger partial charge in [-0.1, -0.05) is 0 Å². The van der Waals surface area contributed by atoms with Crippen molar-refractivity contribution >= 4 is 56.4 Å². The van der Waals surface area contributed by atoms with Gasteiger partial charge in [0.25, 0.3) is 10.0 Å². The lowest BCUT2D eigenvalue weighted by molar-refractivity contribution is 0.0608. The zero-order valence-electron chi connectivity index (χ0n) is 22.4. The molecule has 0 radical (unpaired) electrons. The third kappa shape index (κ3) is 6.45. The molecule has 2 amide bonds. The summed E-state index contributed by atoms with van der Waals surface area (Å²) in [6.45, 7) is 5.83. The Morgan fingerprint density at radius 1 is 1.20 bits per heavy atom. The maximum absolute atomic E-state index is 14.2. The minimum Gasteiger partial charge on any atom is -0.465 e. The summed E-state index contributed by atoms with van der Waals surface area (Å²) in [6.07, 6.45) is -1.51. The van der Waals surface area contributed by atoms with Crippen LogP contribution in [0.5, 0.6) is 0 Å². The monoisotopic (exact) mass is 591 g/mol. The van der Waals surface area contributed by atoms with Crippen LogP contribution >= 0.6 is 11.3 Å². The molecule has 214 valence electrons. The number of anilines is 4. The molecule has 0 saturated carbocycles. The maximum atomic E-state index is 14.2. The Hall–Kier alpha value is -3.91. The Bertz CT molecular complexity index is 1480. The lowest BCUT2D eigenvalue weighted by atomic mass is 10.2. The molecule has 4 rings (SSSR count). The fraction of sp³-hybridized carbons (Fsp3) is 0.346. The summed E-state index contributed by atoms with van der Waals surface area (Å²) in [4.78, 5) is 31.2. The topological polar surface area (TPSA) is 132 Å². The van der Waals surface area contributed by atoms with Crippen molar-refractivity contribution < 1.29 is 32.2 Å². The summed E-state index contributed by atoms with van der Waals surface area (Å²) >= 11 is 1.14. The molecule has 1 aromatic heterocycles. The third-order valence-electron chi connectivity index (χ3n) is 6.17. The SMILES string of the molecule is CN(C(=O)O)C1CCN(c2cc(F)ccc2Nc2ccc(S(=O)(=O)N(C(=O)OC(C)(C)C)c3cscn3)cc2)C1. The van der Waals surface area contributed by atoms with E-state index in [0.717, 1.165) is 11.3 Å². The molecule has 2 N–H and O–H groups in total. The van der Waals surface area contributed by atoms with E-state index in [1.165, 1.54) is 59.2 Å². The van der Waals surface area contributed by atoms with Crippen LogP contribution in [0.2, 0.25) is 0 Å². The van der Waals surface area contributed by atoms with Gasteiger partial charge in [0, 0.05) is 31.2 Å². The van der Waals surface area contributed by atoms with Gasteiger partial charge in [-0.05, 0) is 69.7 Å². The minimum atomic E-state index is -4.37. The van der Waals surface area contributed by atoms with Gasteiger partial charge in [0.15, 0.2) is 5.82 Å². The third-order valence-corrected chi connectivity index (χ3v) is 8.43. The largest absolute Gasteiger partial charge is 0.465 e. The number of thiazole rings is 1. The first-order valence-corrected chi connectivity index (χ1v) is 14.7. The lowest BCUT2D eigenvalue weighted by Crippen LogP contribution is -2.41. The number of nitrogens with one attached hydrogen (secondary N) is 1. The van der Waals surface area contributed by atoms with Crippen molar-refractivity contribution in [3.8, 4) is 0 Å². The zero-order chi connectivity index (χ0) is 29.2. The van der Waals surface area contributed by atoms with E-state index in [-0.39, 0.29) is 16.8 Å². The Morgan fingerprint density at radius 3 is 2.50 bits per heavy atom. The molecule has 1 aliphatic rings. The number of hydrogen-bond donors (Lipinski definition) is 2. The highest BCUT2D eigenvalue weighted by Gasteiger charge is 2.36. The first-order chi connectivity index (χ1) is 18.8. The molecule has 2 aromatic carbocycles. The molecule has 40 heavy (non-hydrogen) atoms. The van der Waals surface area contributed by atoms with Crippen LogP contribution in [0.25, 0.3) is 0 Å². The Morgan fingerprint density at radius 2 is 1.90 bits per heavy atom. The highest BCUT2D eigenvalue weighted by molar-refractivity contribution is 7.93. The molecular weight excluding hydrogens is 561 g/mol. The molecule has 1 atom stereocenters. The Kier molecular flexibility index (Phi) is 8.21. The molecule has 1 fully saturated rings. The van der Waals surface area contributed by atoms with Crippen molar-refractivity contribution in [1.29, 1.82) is 0 Å². The summed E-state index contributed by atoms with van der Waals surface area (Å²) in [5.74, 6) is -0.517. The smallest absolute Gasteiger partial charge is 0.430 e. The number of carbonyl (C=O) groups is 2. The first-order valence-electron chi connectivity index (χ1n) is 12.3. The predicted molar refractivity (Wildman–Crippen MR) is 151 cm³/mol. The van der Waals surface area contributed by atoms with Crippen LogP contribution in [-0.2, 0) is 14.8 Å². The summed E-state index contributed by atoms with van der Waals surface area (Å²) in [7, 11) is -2.86. The number of benzene rings is 2. The summed E-state index contributed by atoms with van der Waals surface area (Å²) in [5.41, 5.74) is 2.12. The number of likely N-dealkylation sites (N-methyl/N-ethyl adjacent to an activating group) is 1. The molecule has 1 unspecified atom stereocenters. The van der Waals surface area contributed by atoms with Crippen LogP contribution in [0.1, 0.15) is 27.2 Å². The fourth-order valence-electron chi connectivity index (χ4n) is 4.20. The first kappa shape index (κ1) is 29.1. The van der Waals surface area contributed by atoms with Gasteiger partial charge in [0.1, 0.15) is 11.4 Å². The Labute approximate surface area is 235 Å². The number of carbonyl (C=O) groups excluding carboxylic acids is 1. The average molecular weight is 592 g/mol. The zero-order valence-corrected chi connectivity index (χ0v) is 24.0. The molecule has 3 aromatic rings. The van der Waals surface area contributed by atoms with Gasteiger partial charge in [-0.3, -0.25) is 0 Å². The second-order valence-electron chi connectivity index (χ2n) is 10.2. The van der Waals surface area contributed by atoms with Crippen LogP contribution in [-0.4, -0.2) is 67.4 Å². The van der Waals surface area contributed by atoms with Crippen LogP contribution < -0.4 is 14.5 Å². The number of hydrogen-bond acceptors (Lipinski definition) is 9. The van der Waals surface area contributed by atoms with E-state index in [2.05, 4.69) is 10.3 Å². The number of rotatable bonds is 7. The van der Waals surface area contributed by atoms with Gasteiger partial charge < -0.3 is 25.0 Å². The molecule has 2 heterocycles. The normalized spacial score (nSPS) is 15.5. The summed E-state index contributed by atoms with van der Waals surface area (Å²) in [5, 5.41) is 13.9. The molecule has 0 bridgehead atoms. The van der Waals surface area contributed by atoms with Crippen molar-refractivity contribution in [1.82, 2.24) is 9.88 Å². The van der Waals surface area contributed by atoms with Crippen LogP contribution in [0.3, 0.4) is 0 Å². The second kappa shape index (κ2) is 11.3. The molecular formula is C26H30FN5O6S2. The molecule has 1 aliphatic heterocycles. The van der Waals surface area contributed by atoms with E-state index in [0.29, 0.717) is 40.9 Å². The van der Waals surface area contributed by atoms with Crippen molar-refractivity contribution in [3.05, 3.63) is 59.2 Å². The highest BCUT2D eigenvalue weighted by Crippen LogP contribution is 2.34. The van der Waals surface area contributed by atoms with Crippen molar-refractivity contribution in [3.63, 3.8) is 0 Å². The standard InChI is InChI=1S/C26H30FN5O6S2/c1-26(2,3)38-25(35)32(23-15-39-16-28-23)40(36,37)20-8-6-18(7-9-20)29-21-10-5-17(27)13-22(21)31-12-11-19(14-31)30(4)24(33)34/h5-10,13,15-16,19,29H,11-12,14H2,1-4H3,(H,33,34). The number of ether oxygens (including phenoxy) is 1. The van der Waals surface area contributed by atoms with Crippen LogP contribution in [0.4, 0.5) is 36.9 Å². The number of sulfonamides is 1. The van der Waals surface area contributed by atoms with E-state index in [9.17, 15) is 27.5 Å². The molecule has 11 nitrogen and oxygen atoms in total. The Balaban J connectivity index is 1.57. The van der Waals surface area contributed by atoms with Gasteiger partial charge in [-0.15, -0.1) is 15.6 Å². The van der Waals surface area contributed by atoms with Crippen molar-refractivity contribution in [2.75, 3.05) is 34.7 Å². The predicted octanol–water partition coefficient (Wildman–Crippen LogP) is 5.34. The molecule has 14 heteroatoms. The van der Waals surface area contributed by atoms with Crippen LogP contribution in [0, 0.1) is 5.82 Å². The minimum absolute atomic E-state index is 0.0742. The number of halogens is 1. The van der Waals surface area contributed by atoms with Gasteiger partial charge >= 0.3 is 12.2 Å². The fourth-order valence-corrected chi connectivity index (χ4v) is 6.06. The van der Waals surface area contributed by atoms with E-state index in [1.807, 2.05) is 4.90 Å². The van der Waals surface area contributed by atoms with Gasteiger partial charge in [-0.2, -0.15) is 0 Å². The number of amides is 2. The maximum Gasteiger partial charge on any atom is 0.430 e. The van der Waals surface area contributed by atoms with Crippen molar-refractivity contribution in [2.45, 2.75) is 43.7 Å². The number of carboxylic acid groups (broad SMARTS) is 1.